The van der Waals surface area contributed by atoms with Crippen LogP contribution in [0.3, 0.4) is 0 Å². The highest BCUT2D eigenvalue weighted by Gasteiger charge is 2.25. The standard InChI is InChI=1S/C14H21N3O2S/c1-5-7-13-15-14(20(18,19)16(3)4)12-9-8-11(6-2)10-17(12)13/h8-10H,5-7H2,1-4H3. The number of sulfonamides is 1. The van der Waals surface area contributed by atoms with Crippen molar-refractivity contribution in [3.8, 4) is 0 Å². The number of aromatic nitrogens is 2. The fourth-order valence-electron chi connectivity index (χ4n) is 2.13. The SMILES string of the molecule is CCCc1nc(S(=O)(=O)N(C)C)c2ccc(CC)cn12. The van der Waals surface area contributed by atoms with Crippen LogP contribution in [0.2, 0.25) is 0 Å². The minimum Gasteiger partial charge on any atom is -0.302 e. The average Bonchev–Trinajstić information content (AvgIpc) is 2.78. The maximum absolute atomic E-state index is 12.4. The lowest BCUT2D eigenvalue weighted by Gasteiger charge is -2.09. The zero-order valence-electron chi connectivity index (χ0n) is 12.4. The minimum atomic E-state index is -3.52. The predicted molar refractivity (Wildman–Crippen MR) is 79.4 cm³/mol. The molecule has 0 saturated heterocycles. The van der Waals surface area contributed by atoms with Gasteiger partial charge in [0.15, 0.2) is 5.03 Å². The van der Waals surface area contributed by atoms with Crippen LogP contribution in [0.5, 0.6) is 0 Å². The molecule has 0 unspecified atom stereocenters. The molecule has 2 aromatic rings. The molecule has 0 aliphatic rings. The molecule has 0 radical (unpaired) electrons. The van der Waals surface area contributed by atoms with Crippen molar-refractivity contribution >= 4 is 15.5 Å². The van der Waals surface area contributed by atoms with Crippen LogP contribution in [-0.2, 0) is 22.9 Å². The van der Waals surface area contributed by atoms with Gasteiger partial charge in [0.05, 0.1) is 5.52 Å². The van der Waals surface area contributed by atoms with E-state index in [0.29, 0.717) is 5.52 Å². The Kier molecular flexibility index (Phi) is 4.15. The van der Waals surface area contributed by atoms with Crippen molar-refractivity contribution in [2.75, 3.05) is 14.1 Å². The van der Waals surface area contributed by atoms with E-state index in [-0.39, 0.29) is 5.03 Å². The molecule has 0 atom stereocenters. The second-order valence-electron chi connectivity index (χ2n) is 5.02. The van der Waals surface area contributed by atoms with Crippen LogP contribution in [0, 0.1) is 0 Å². The third kappa shape index (κ3) is 2.45. The van der Waals surface area contributed by atoms with Crippen molar-refractivity contribution in [3.63, 3.8) is 0 Å². The van der Waals surface area contributed by atoms with E-state index in [4.69, 9.17) is 0 Å². The first-order chi connectivity index (χ1) is 9.41. The maximum atomic E-state index is 12.4. The molecule has 20 heavy (non-hydrogen) atoms. The topological polar surface area (TPSA) is 54.7 Å². The molecule has 5 nitrogen and oxygen atoms in total. The number of pyridine rings is 1. The van der Waals surface area contributed by atoms with E-state index >= 15 is 0 Å². The molecule has 0 N–H and O–H groups in total. The lowest BCUT2D eigenvalue weighted by Crippen LogP contribution is -2.22. The largest absolute Gasteiger partial charge is 0.302 e. The first-order valence-corrected chi connectivity index (χ1v) is 8.28. The number of hydrogen-bond donors (Lipinski definition) is 0. The van der Waals surface area contributed by atoms with Crippen LogP contribution in [0.4, 0.5) is 0 Å². The molecule has 0 amide bonds. The summed E-state index contributed by atoms with van der Waals surface area (Å²) in [5.41, 5.74) is 1.82. The van der Waals surface area contributed by atoms with Crippen LogP contribution >= 0.6 is 0 Å². The second-order valence-corrected chi connectivity index (χ2v) is 7.08. The lowest BCUT2D eigenvalue weighted by molar-refractivity contribution is 0.518. The van der Waals surface area contributed by atoms with Crippen molar-refractivity contribution in [1.29, 1.82) is 0 Å². The second kappa shape index (κ2) is 5.54. The highest BCUT2D eigenvalue weighted by atomic mass is 32.2. The smallest absolute Gasteiger partial charge is 0.262 e. The van der Waals surface area contributed by atoms with Gasteiger partial charge in [-0.1, -0.05) is 19.9 Å². The van der Waals surface area contributed by atoms with Crippen molar-refractivity contribution in [2.24, 2.45) is 0 Å². The molecule has 2 rings (SSSR count). The maximum Gasteiger partial charge on any atom is 0.262 e. The lowest BCUT2D eigenvalue weighted by atomic mass is 10.2. The van der Waals surface area contributed by atoms with Gasteiger partial charge in [-0.05, 0) is 24.5 Å². The van der Waals surface area contributed by atoms with E-state index in [0.717, 1.165) is 25.1 Å². The summed E-state index contributed by atoms with van der Waals surface area (Å²) >= 11 is 0. The summed E-state index contributed by atoms with van der Waals surface area (Å²) in [6.07, 6.45) is 4.59. The van der Waals surface area contributed by atoms with Crippen LogP contribution < -0.4 is 0 Å². The summed E-state index contributed by atoms with van der Waals surface area (Å²) in [6.45, 7) is 4.14. The molecule has 6 heteroatoms. The van der Waals surface area contributed by atoms with Crippen LogP contribution in [0.1, 0.15) is 31.7 Å². The highest BCUT2D eigenvalue weighted by Crippen LogP contribution is 2.22. The Morgan fingerprint density at radius 3 is 2.50 bits per heavy atom. The summed E-state index contributed by atoms with van der Waals surface area (Å²) in [6, 6.07) is 3.81. The number of fused-ring (bicyclic) bond motifs is 1. The van der Waals surface area contributed by atoms with E-state index in [1.807, 2.05) is 22.7 Å². The van der Waals surface area contributed by atoms with Gasteiger partial charge in [-0.3, -0.25) is 0 Å². The van der Waals surface area contributed by atoms with Gasteiger partial charge in [0.2, 0.25) is 0 Å². The summed E-state index contributed by atoms with van der Waals surface area (Å²) < 4.78 is 27.9. The van der Waals surface area contributed by atoms with Gasteiger partial charge in [-0.25, -0.2) is 17.7 Å². The molecule has 2 aromatic heterocycles. The third-order valence-corrected chi connectivity index (χ3v) is 5.09. The van der Waals surface area contributed by atoms with Crippen molar-refractivity contribution in [2.45, 2.75) is 38.1 Å². The van der Waals surface area contributed by atoms with Gasteiger partial charge in [-0.15, -0.1) is 0 Å². The summed E-state index contributed by atoms with van der Waals surface area (Å²) in [4.78, 5) is 4.38. The summed E-state index contributed by atoms with van der Waals surface area (Å²) in [5, 5.41) is 0.147. The van der Waals surface area contributed by atoms with Crippen LogP contribution in [-0.4, -0.2) is 36.2 Å². The molecule has 0 saturated carbocycles. The molecular weight excluding hydrogens is 274 g/mol. The van der Waals surface area contributed by atoms with Gasteiger partial charge in [0, 0.05) is 26.7 Å². The first kappa shape index (κ1) is 15.0. The highest BCUT2D eigenvalue weighted by molar-refractivity contribution is 7.89. The van der Waals surface area contributed by atoms with Gasteiger partial charge in [0.25, 0.3) is 10.0 Å². The van der Waals surface area contributed by atoms with E-state index in [9.17, 15) is 8.42 Å². The van der Waals surface area contributed by atoms with Gasteiger partial charge < -0.3 is 4.40 Å². The molecule has 0 spiro atoms. The normalized spacial score (nSPS) is 12.4. The van der Waals surface area contributed by atoms with Crippen molar-refractivity contribution in [3.05, 3.63) is 29.7 Å². The first-order valence-electron chi connectivity index (χ1n) is 6.84. The number of hydrogen-bond acceptors (Lipinski definition) is 3. The molecule has 0 fully saturated rings. The van der Waals surface area contributed by atoms with Crippen LogP contribution in [0.15, 0.2) is 23.4 Å². The number of imidazole rings is 1. The fraction of sp³-hybridized carbons (Fsp3) is 0.500. The number of aryl methyl sites for hydroxylation is 2. The third-order valence-electron chi connectivity index (χ3n) is 3.34. The van der Waals surface area contributed by atoms with E-state index < -0.39 is 10.0 Å². The Morgan fingerprint density at radius 1 is 1.25 bits per heavy atom. The van der Waals surface area contributed by atoms with E-state index in [2.05, 4.69) is 18.8 Å². The molecule has 0 aliphatic carbocycles. The summed E-state index contributed by atoms with van der Waals surface area (Å²) in [7, 11) is -0.463. The van der Waals surface area contributed by atoms with Crippen molar-refractivity contribution in [1.82, 2.24) is 13.7 Å². The molecule has 2 heterocycles. The Balaban J connectivity index is 2.74. The van der Waals surface area contributed by atoms with Gasteiger partial charge >= 0.3 is 0 Å². The zero-order chi connectivity index (χ0) is 14.9. The van der Waals surface area contributed by atoms with Crippen LogP contribution in [0.25, 0.3) is 5.52 Å². The Bertz CT molecular complexity index is 717. The predicted octanol–water partition coefficient (Wildman–Crippen LogP) is 2.10. The Labute approximate surface area is 120 Å². The van der Waals surface area contributed by atoms with E-state index in [1.165, 1.54) is 24.0 Å². The molecule has 0 aliphatic heterocycles. The fourth-order valence-corrected chi connectivity index (χ4v) is 3.13. The molecule has 110 valence electrons. The Morgan fingerprint density at radius 2 is 1.95 bits per heavy atom. The van der Waals surface area contributed by atoms with E-state index in [1.54, 1.807) is 0 Å². The van der Waals surface area contributed by atoms with Gasteiger partial charge in [0.1, 0.15) is 5.82 Å². The molecule has 0 aromatic carbocycles. The quantitative estimate of drug-likeness (QED) is 0.849. The molecular formula is C14H21N3O2S. The number of rotatable bonds is 5. The monoisotopic (exact) mass is 295 g/mol. The zero-order valence-corrected chi connectivity index (χ0v) is 13.2. The van der Waals surface area contributed by atoms with Gasteiger partial charge in [-0.2, -0.15) is 0 Å². The number of nitrogens with zero attached hydrogens (tertiary/aromatic N) is 3. The minimum absolute atomic E-state index is 0.147. The summed E-state index contributed by atoms with van der Waals surface area (Å²) in [5.74, 6) is 0.804. The average molecular weight is 295 g/mol. The molecule has 0 bridgehead atoms. The Hall–Kier alpha value is -1.40. The van der Waals surface area contributed by atoms with Crippen molar-refractivity contribution < 1.29 is 8.42 Å².